The zero-order chi connectivity index (χ0) is 26.5. The summed E-state index contributed by atoms with van der Waals surface area (Å²) in [7, 11) is 1.78. The van der Waals surface area contributed by atoms with Gasteiger partial charge in [0.1, 0.15) is 0 Å². The van der Waals surface area contributed by atoms with Crippen molar-refractivity contribution in [1.29, 1.82) is 0 Å². The van der Waals surface area contributed by atoms with Gasteiger partial charge in [-0.3, -0.25) is 14.9 Å². The largest absolute Gasteiger partial charge is 0.323 e. The van der Waals surface area contributed by atoms with Crippen molar-refractivity contribution < 1.29 is 14.4 Å². The standard InChI is InChI=1S/C31H27N3O3S/c1-34(30(36)32-27-12-6-11-26(19-27)23-8-3-2-4-9-23)20-22-7-5-10-25(17-22)24-15-13-21(14-16-24)18-28-29(35)33-31(37)38-28/h2-17,19,28H,18,20H2,1H3,(H,32,36)(H,33,35,37). The van der Waals surface area contributed by atoms with Crippen molar-refractivity contribution in [1.82, 2.24) is 10.2 Å². The lowest BCUT2D eigenvalue weighted by Gasteiger charge is -2.19. The Morgan fingerprint density at radius 3 is 2.16 bits per heavy atom. The van der Waals surface area contributed by atoms with Crippen molar-refractivity contribution in [3.8, 4) is 22.3 Å². The highest BCUT2D eigenvalue weighted by Gasteiger charge is 2.31. The smallest absolute Gasteiger partial charge is 0.321 e. The van der Waals surface area contributed by atoms with E-state index >= 15 is 0 Å². The molecule has 190 valence electrons. The zero-order valence-electron chi connectivity index (χ0n) is 20.9. The van der Waals surface area contributed by atoms with E-state index < -0.39 is 0 Å². The summed E-state index contributed by atoms with van der Waals surface area (Å²) in [6, 6.07) is 33.8. The number of rotatable bonds is 7. The Bertz CT molecular complexity index is 1470. The van der Waals surface area contributed by atoms with Crippen molar-refractivity contribution in [2.45, 2.75) is 18.2 Å². The lowest BCUT2D eigenvalue weighted by atomic mass is 10.00. The third kappa shape index (κ3) is 6.12. The lowest BCUT2D eigenvalue weighted by molar-refractivity contribution is -0.118. The number of hydrogen-bond donors (Lipinski definition) is 2. The van der Waals surface area contributed by atoms with Gasteiger partial charge < -0.3 is 10.2 Å². The first kappa shape index (κ1) is 25.3. The summed E-state index contributed by atoms with van der Waals surface area (Å²) >= 11 is 1.04. The van der Waals surface area contributed by atoms with Gasteiger partial charge in [0.05, 0.1) is 5.25 Å². The average molecular weight is 522 g/mol. The molecule has 0 bridgehead atoms. The number of thioether (sulfide) groups is 1. The third-order valence-electron chi connectivity index (χ3n) is 6.39. The molecule has 5 rings (SSSR count). The summed E-state index contributed by atoms with van der Waals surface area (Å²) in [5.41, 5.74) is 6.99. The van der Waals surface area contributed by atoms with Gasteiger partial charge in [0, 0.05) is 19.3 Å². The van der Waals surface area contributed by atoms with Crippen LogP contribution in [0.3, 0.4) is 0 Å². The predicted octanol–water partition coefficient (Wildman–Crippen LogP) is 6.58. The van der Waals surface area contributed by atoms with Crippen LogP contribution in [0, 0.1) is 0 Å². The van der Waals surface area contributed by atoms with E-state index in [0.717, 1.165) is 50.8 Å². The average Bonchev–Trinajstić information content (AvgIpc) is 3.25. The normalized spacial score (nSPS) is 14.7. The highest BCUT2D eigenvalue weighted by Crippen LogP contribution is 2.26. The maximum Gasteiger partial charge on any atom is 0.321 e. The summed E-state index contributed by atoms with van der Waals surface area (Å²) in [6.45, 7) is 0.457. The van der Waals surface area contributed by atoms with Gasteiger partial charge in [0.25, 0.3) is 5.24 Å². The Labute approximate surface area is 226 Å². The molecule has 1 aliphatic heterocycles. The van der Waals surface area contributed by atoms with E-state index in [4.69, 9.17) is 0 Å². The lowest BCUT2D eigenvalue weighted by Crippen LogP contribution is -2.30. The fraction of sp³-hybridized carbons (Fsp3) is 0.129. The second-order valence-electron chi connectivity index (χ2n) is 9.22. The molecular weight excluding hydrogens is 494 g/mol. The van der Waals surface area contributed by atoms with Crippen molar-refractivity contribution in [3.63, 3.8) is 0 Å². The van der Waals surface area contributed by atoms with Gasteiger partial charge in [-0.1, -0.05) is 96.7 Å². The van der Waals surface area contributed by atoms with E-state index in [1.807, 2.05) is 97.1 Å². The fourth-order valence-corrected chi connectivity index (χ4v) is 5.26. The molecule has 1 unspecified atom stereocenters. The van der Waals surface area contributed by atoms with Crippen LogP contribution < -0.4 is 10.6 Å². The number of amides is 4. The van der Waals surface area contributed by atoms with E-state index in [1.54, 1.807) is 11.9 Å². The Morgan fingerprint density at radius 1 is 0.789 bits per heavy atom. The molecule has 1 fully saturated rings. The second-order valence-corrected chi connectivity index (χ2v) is 10.4. The number of imide groups is 1. The van der Waals surface area contributed by atoms with Crippen LogP contribution in [-0.4, -0.2) is 34.4 Å². The van der Waals surface area contributed by atoms with Gasteiger partial charge in [0.2, 0.25) is 5.91 Å². The highest BCUT2D eigenvalue weighted by molar-refractivity contribution is 8.15. The molecule has 1 heterocycles. The molecule has 0 aliphatic carbocycles. The van der Waals surface area contributed by atoms with Crippen molar-refractivity contribution in [3.05, 3.63) is 114 Å². The van der Waals surface area contributed by atoms with Crippen LogP contribution in [0.5, 0.6) is 0 Å². The van der Waals surface area contributed by atoms with Crippen LogP contribution in [0.2, 0.25) is 0 Å². The van der Waals surface area contributed by atoms with Gasteiger partial charge in [-0.25, -0.2) is 4.79 Å². The third-order valence-corrected chi connectivity index (χ3v) is 7.37. The SMILES string of the molecule is CN(Cc1cccc(-c2ccc(CC3SC(=O)NC3=O)cc2)c1)C(=O)Nc1cccc(-c2ccccc2)c1. The first-order valence-corrected chi connectivity index (χ1v) is 13.2. The molecule has 0 aromatic heterocycles. The molecule has 0 saturated carbocycles. The monoisotopic (exact) mass is 521 g/mol. The molecule has 1 aliphatic rings. The van der Waals surface area contributed by atoms with E-state index in [9.17, 15) is 14.4 Å². The molecule has 6 nitrogen and oxygen atoms in total. The van der Waals surface area contributed by atoms with Gasteiger partial charge in [-0.2, -0.15) is 0 Å². The van der Waals surface area contributed by atoms with Crippen LogP contribution in [0.25, 0.3) is 22.3 Å². The quantitative estimate of drug-likeness (QED) is 0.288. The van der Waals surface area contributed by atoms with Crippen LogP contribution >= 0.6 is 11.8 Å². The molecule has 38 heavy (non-hydrogen) atoms. The maximum absolute atomic E-state index is 12.9. The van der Waals surface area contributed by atoms with Crippen LogP contribution in [0.1, 0.15) is 11.1 Å². The summed E-state index contributed by atoms with van der Waals surface area (Å²) < 4.78 is 0. The number of carbonyl (C=O) groups excluding carboxylic acids is 3. The minimum Gasteiger partial charge on any atom is -0.323 e. The topological polar surface area (TPSA) is 78.5 Å². The number of nitrogens with one attached hydrogen (secondary N) is 2. The molecule has 2 N–H and O–H groups in total. The Hall–Kier alpha value is -4.36. The number of carbonyl (C=O) groups is 3. The van der Waals surface area contributed by atoms with Crippen LogP contribution in [0.4, 0.5) is 15.3 Å². The molecule has 4 amide bonds. The van der Waals surface area contributed by atoms with Crippen LogP contribution in [-0.2, 0) is 17.8 Å². The minimum absolute atomic E-state index is 0.183. The molecule has 1 atom stereocenters. The van der Waals surface area contributed by atoms with Crippen molar-refractivity contribution in [2.75, 3.05) is 12.4 Å². The first-order chi connectivity index (χ1) is 18.4. The summed E-state index contributed by atoms with van der Waals surface area (Å²) in [5, 5.41) is 4.66. The molecule has 7 heteroatoms. The summed E-state index contributed by atoms with van der Waals surface area (Å²) in [5.74, 6) is -0.228. The fourth-order valence-electron chi connectivity index (χ4n) is 4.40. The Morgan fingerprint density at radius 2 is 1.45 bits per heavy atom. The van der Waals surface area contributed by atoms with Gasteiger partial charge in [0.15, 0.2) is 0 Å². The molecule has 4 aromatic carbocycles. The minimum atomic E-state index is -0.376. The van der Waals surface area contributed by atoms with Crippen LogP contribution in [0.15, 0.2) is 103 Å². The number of nitrogens with zero attached hydrogens (tertiary/aromatic N) is 1. The Kier molecular flexibility index (Phi) is 7.56. The number of anilines is 1. The number of benzene rings is 4. The van der Waals surface area contributed by atoms with E-state index in [0.29, 0.717) is 13.0 Å². The summed E-state index contributed by atoms with van der Waals surface area (Å²) in [4.78, 5) is 37.8. The van der Waals surface area contributed by atoms with Gasteiger partial charge in [-0.05, 0) is 58.0 Å². The Balaban J connectivity index is 1.21. The molecule has 0 spiro atoms. The molecular formula is C31H27N3O3S. The van der Waals surface area contributed by atoms with E-state index in [-0.39, 0.29) is 22.4 Å². The highest BCUT2D eigenvalue weighted by atomic mass is 32.2. The molecule has 4 aromatic rings. The van der Waals surface area contributed by atoms with E-state index in [2.05, 4.69) is 16.7 Å². The number of urea groups is 1. The van der Waals surface area contributed by atoms with E-state index in [1.165, 1.54) is 0 Å². The first-order valence-electron chi connectivity index (χ1n) is 12.3. The zero-order valence-corrected chi connectivity index (χ0v) is 21.7. The predicted molar refractivity (Wildman–Crippen MR) is 153 cm³/mol. The molecule has 0 radical (unpaired) electrons. The molecule has 1 saturated heterocycles. The van der Waals surface area contributed by atoms with Crippen molar-refractivity contribution in [2.24, 2.45) is 0 Å². The number of hydrogen-bond acceptors (Lipinski definition) is 4. The van der Waals surface area contributed by atoms with Gasteiger partial charge >= 0.3 is 6.03 Å². The second kappa shape index (κ2) is 11.4. The van der Waals surface area contributed by atoms with Crippen molar-refractivity contribution >= 4 is 34.6 Å². The van der Waals surface area contributed by atoms with Gasteiger partial charge in [-0.15, -0.1) is 0 Å². The summed E-state index contributed by atoms with van der Waals surface area (Å²) in [6.07, 6.45) is 0.511. The maximum atomic E-state index is 12.9.